The summed E-state index contributed by atoms with van der Waals surface area (Å²) in [5.74, 6) is -0.509. The van der Waals surface area contributed by atoms with Crippen LogP contribution in [-0.2, 0) is 4.79 Å². The van der Waals surface area contributed by atoms with Crippen molar-refractivity contribution in [2.24, 2.45) is 0 Å². The first kappa shape index (κ1) is 15.0. The van der Waals surface area contributed by atoms with E-state index in [1.54, 1.807) is 25.1 Å². The fourth-order valence-electron chi connectivity index (χ4n) is 1.70. The molecule has 2 amide bonds. The van der Waals surface area contributed by atoms with Crippen molar-refractivity contribution in [2.45, 2.75) is 39.8 Å². The first-order valence-electron chi connectivity index (χ1n) is 6.28. The summed E-state index contributed by atoms with van der Waals surface area (Å²) in [5, 5.41) is 5.39. The standard InChI is InChI=1S/C14H21N3O2/c1-8(2)16-13(18)10(4)17-14(19)11-5-9(3)6-12(15)7-11/h5-8,10H,15H2,1-4H3,(H,16,18)(H,17,19). The summed E-state index contributed by atoms with van der Waals surface area (Å²) in [5.41, 5.74) is 7.59. The van der Waals surface area contributed by atoms with Gasteiger partial charge in [-0.05, 0) is 51.5 Å². The minimum Gasteiger partial charge on any atom is -0.399 e. The molecule has 5 nitrogen and oxygen atoms in total. The first-order chi connectivity index (χ1) is 8.79. The lowest BCUT2D eigenvalue weighted by atomic mass is 10.1. The molecule has 104 valence electrons. The summed E-state index contributed by atoms with van der Waals surface area (Å²) in [6, 6.07) is 4.57. The smallest absolute Gasteiger partial charge is 0.252 e. The molecule has 0 fully saturated rings. The molecule has 0 saturated heterocycles. The van der Waals surface area contributed by atoms with Crippen LogP contribution in [0.5, 0.6) is 0 Å². The lowest BCUT2D eigenvalue weighted by Gasteiger charge is -2.16. The highest BCUT2D eigenvalue weighted by molar-refractivity contribution is 5.98. The molecule has 4 N–H and O–H groups in total. The van der Waals surface area contributed by atoms with Crippen molar-refractivity contribution in [1.82, 2.24) is 10.6 Å². The van der Waals surface area contributed by atoms with Gasteiger partial charge in [0.2, 0.25) is 5.91 Å². The van der Waals surface area contributed by atoms with Crippen LogP contribution in [0.1, 0.15) is 36.7 Å². The Morgan fingerprint density at radius 1 is 1.11 bits per heavy atom. The molecule has 0 radical (unpaired) electrons. The summed E-state index contributed by atoms with van der Waals surface area (Å²) >= 11 is 0. The summed E-state index contributed by atoms with van der Waals surface area (Å²) in [4.78, 5) is 23.7. The number of carbonyl (C=O) groups is 2. The summed E-state index contributed by atoms with van der Waals surface area (Å²) < 4.78 is 0. The molecule has 0 aliphatic rings. The second kappa shape index (κ2) is 6.22. The number of rotatable bonds is 4. The largest absolute Gasteiger partial charge is 0.399 e. The van der Waals surface area contributed by atoms with E-state index in [-0.39, 0.29) is 17.9 Å². The molecule has 0 aliphatic carbocycles. The Morgan fingerprint density at radius 2 is 1.74 bits per heavy atom. The maximum Gasteiger partial charge on any atom is 0.252 e. The molecule has 0 aliphatic heterocycles. The molecule has 0 bridgehead atoms. The minimum atomic E-state index is -0.586. The maximum atomic E-state index is 12.0. The number of nitrogens with two attached hydrogens (primary N) is 1. The second-order valence-corrected chi connectivity index (χ2v) is 4.99. The highest BCUT2D eigenvalue weighted by Crippen LogP contribution is 2.11. The van der Waals surface area contributed by atoms with Gasteiger partial charge in [0.1, 0.15) is 6.04 Å². The van der Waals surface area contributed by atoms with Crippen molar-refractivity contribution in [2.75, 3.05) is 5.73 Å². The Labute approximate surface area is 113 Å². The Balaban J connectivity index is 2.71. The van der Waals surface area contributed by atoms with Gasteiger partial charge in [0.15, 0.2) is 0 Å². The van der Waals surface area contributed by atoms with Gasteiger partial charge in [0.25, 0.3) is 5.91 Å². The predicted molar refractivity (Wildman–Crippen MR) is 75.8 cm³/mol. The molecular formula is C14H21N3O2. The van der Waals surface area contributed by atoms with Gasteiger partial charge in [0, 0.05) is 17.3 Å². The van der Waals surface area contributed by atoms with E-state index in [0.29, 0.717) is 11.3 Å². The number of hydrogen-bond donors (Lipinski definition) is 3. The molecule has 1 unspecified atom stereocenters. The lowest BCUT2D eigenvalue weighted by Crippen LogP contribution is -2.46. The van der Waals surface area contributed by atoms with Crippen LogP contribution in [-0.4, -0.2) is 23.9 Å². The lowest BCUT2D eigenvalue weighted by molar-refractivity contribution is -0.123. The fourth-order valence-corrected chi connectivity index (χ4v) is 1.70. The number of anilines is 1. The van der Waals surface area contributed by atoms with Crippen molar-refractivity contribution in [3.8, 4) is 0 Å². The molecule has 5 heteroatoms. The molecular weight excluding hydrogens is 242 g/mol. The number of benzene rings is 1. The van der Waals surface area contributed by atoms with Crippen molar-refractivity contribution >= 4 is 17.5 Å². The molecule has 0 spiro atoms. The van der Waals surface area contributed by atoms with E-state index in [1.165, 1.54) is 0 Å². The van der Waals surface area contributed by atoms with Gasteiger partial charge < -0.3 is 16.4 Å². The van der Waals surface area contributed by atoms with E-state index in [4.69, 9.17) is 5.73 Å². The third-order valence-corrected chi connectivity index (χ3v) is 2.53. The summed E-state index contributed by atoms with van der Waals surface area (Å²) in [7, 11) is 0. The van der Waals surface area contributed by atoms with Gasteiger partial charge in [-0.25, -0.2) is 0 Å². The van der Waals surface area contributed by atoms with Crippen LogP contribution < -0.4 is 16.4 Å². The SMILES string of the molecule is Cc1cc(N)cc(C(=O)NC(C)C(=O)NC(C)C)c1. The zero-order valence-corrected chi connectivity index (χ0v) is 11.8. The van der Waals surface area contributed by atoms with Gasteiger partial charge in [-0.1, -0.05) is 0 Å². The van der Waals surface area contributed by atoms with E-state index < -0.39 is 6.04 Å². The molecule has 1 aromatic rings. The van der Waals surface area contributed by atoms with E-state index in [2.05, 4.69) is 10.6 Å². The van der Waals surface area contributed by atoms with Crippen LogP contribution >= 0.6 is 0 Å². The van der Waals surface area contributed by atoms with E-state index >= 15 is 0 Å². The third-order valence-electron chi connectivity index (χ3n) is 2.53. The number of carbonyl (C=O) groups excluding carboxylic acids is 2. The average Bonchev–Trinajstić information content (AvgIpc) is 2.26. The van der Waals surface area contributed by atoms with Crippen LogP contribution in [0.15, 0.2) is 18.2 Å². The third kappa shape index (κ3) is 4.62. The van der Waals surface area contributed by atoms with Crippen LogP contribution in [0.3, 0.4) is 0 Å². The normalized spacial score (nSPS) is 12.1. The van der Waals surface area contributed by atoms with Crippen LogP contribution in [0.2, 0.25) is 0 Å². The molecule has 1 rings (SSSR count). The monoisotopic (exact) mass is 263 g/mol. The van der Waals surface area contributed by atoms with Crippen LogP contribution in [0.4, 0.5) is 5.69 Å². The number of aryl methyl sites for hydroxylation is 1. The quantitative estimate of drug-likeness (QED) is 0.714. The van der Waals surface area contributed by atoms with Gasteiger partial charge in [0.05, 0.1) is 0 Å². The molecule has 19 heavy (non-hydrogen) atoms. The van der Waals surface area contributed by atoms with Crippen LogP contribution in [0, 0.1) is 6.92 Å². The van der Waals surface area contributed by atoms with Crippen molar-refractivity contribution < 1.29 is 9.59 Å². The fraction of sp³-hybridized carbons (Fsp3) is 0.429. The molecule has 1 atom stereocenters. The summed E-state index contributed by atoms with van der Waals surface area (Å²) in [6.45, 7) is 7.25. The number of amides is 2. The second-order valence-electron chi connectivity index (χ2n) is 4.99. The molecule has 1 aromatic carbocycles. The Bertz CT molecular complexity index is 463. The predicted octanol–water partition coefficient (Wildman–Crippen LogP) is 1.22. The summed E-state index contributed by atoms with van der Waals surface area (Å²) in [6.07, 6.45) is 0. The zero-order chi connectivity index (χ0) is 14.6. The Morgan fingerprint density at radius 3 is 2.26 bits per heavy atom. The zero-order valence-electron chi connectivity index (χ0n) is 11.8. The van der Waals surface area contributed by atoms with Crippen molar-refractivity contribution in [3.63, 3.8) is 0 Å². The molecule has 0 saturated carbocycles. The molecule has 0 heterocycles. The maximum absolute atomic E-state index is 12.0. The molecule has 0 aromatic heterocycles. The van der Waals surface area contributed by atoms with Gasteiger partial charge in [-0.3, -0.25) is 9.59 Å². The van der Waals surface area contributed by atoms with E-state index in [1.807, 2.05) is 20.8 Å². The number of nitrogen functional groups attached to an aromatic ring is 1. The Kier molecular flexibility index (Phi) is 4.92. The van der Waals surface area contributed by atoms with E-state index in [9.17, 15) is 9.59 Å². The first-order valence-corrected chi connectivity index (χ1v) is 6.28. The topological polar surface area (TPSA) is 84.2 Å². The average molecular weight is 263 g/mol. The highest BCUT2D eigenvalue weighted by atomic mass is 16.2. The van der Waals surface area contributed by atoms with Crippen LogP contribution in [0.25, 0.3) is 0 Å². The minimum absolute atomic E-state index is 0.0430. The van der Waals surface area contributed by atoms with Gasteiger partial charge in [-0.15, -0.1) is 0 Å². The highest BCUT2D eigenvalue weighted by Gasteiger charge is 2.17. The van der Waals surface area contributed by atoms with Gasteiger partial charge in [-0.2, -0.15) is 0 Å². The number of nitrogens with one attached hydrogen (secondary N) is 2. The van der Waals surface area contributed by atoms with E-state index in [0.717, 1.165) is 5.56 Å². The van der Waals surface area contributed by atoms with Crippen molar-refractivity contribution in [3.05, 3.63) is 29.3 Å². The Hall–Kier alpha value is -2.04. The van der Waals surface area contributed by atoms with Crippen molar-refractivity contribution in [1.29, 1.82) is 0 Å². The number of hydrogen-bond acceptors (Lipinski definition) is 3. The van der Waals surface area contributed by atoms with Gasteiger partial charge >= 0.3 is 0 Å².